The summed E-state index contributed by atoms with van der Waals surface area (Å²) in [6.45, 7) is 10.5. The van der Waals surface area contributed by atoms with Crippen molar-refractivity contribution in [2.75, 3.05) is 13.1 Å². The summed E-state index contributed by atoms with van der Waals surface area (Å²) in [5.41, 5.74) is 7.28. The number of nitrogens with zero attached hydrogens (tertiary/aromatic N) is 1. The molecule has 1 aliphatic rings. The van der Waals surface area contributed by atoms with Crippen molar-refractivity contribution in [1.29, 1.82) is 0 Å². The molecule has 2 rings (SSSR count). The molecule has 1 aromatic rings. The van der Waals surface area contributed by atoms with E-state index in [0.29, 0.717) is 18.0 Å². The first-order chi connectivity index (χ1) is 9.08. The van der Waals surface area contributed by atoms with Gasteiger partial charge in [-0.2, -0.15) is 0 Å². The largest absolute Gasteiger partial charge is 0.466 e. The van der Waals surface area contributed by atoms with E-state index in [4.69, 9.17) is 10.2 Å². The van der Waals surface area contributed by atoms with E-state index in [-0.39, 0.29) is 0 Å². The number of nitrogens with two attached hydrogens (primary N) is 1. The van der Waals surface area contributed by atoms with Gasteiger partial charge in [-0.15, -0.1) is 0 Å². The summed E-state index contributed by atoms with van der Waals surface area (Å²) in [6, 6.07) is 3.24. The van der Waals surface area contributed by atoms with Gasteiger partial charge < -0.3 is 10.2 Å². The first kappa shape index (κ1) is 14.6. The predicted octanol–water partition coefficient (Wildman–Crippen LogP) is 3.41. The molecule has 1 aliphatic carbocycles. The van der Waals surface area contributed by atoms with Crippen molar-refractivity contribution in [3.05, 3.63) is 23.2 Å². The average molecular weight is 264 g/mol. The molecule has 108 valence electrons. The van der Waals surface area contributed by atoms with Crippen LogP contribution >= 0.6 is 0 Å². The van der Waals surface area contributed by atoms with Gasteiger partial charge in [0.05, 0.1) is 0 Å². The molecule has 0 amide bonds. The van der Waals surface area contributed by atoms with Crippen molar-refractivity contribution in [2.45, 2.75) is 59.0 Å². The van der Waals surface area contributed by atoms with Crippen molar-refractivity contribution in [3.8, 4) is 0 Å². The highest BCUT2D eigenvalue weighted by molar-refractivity contribution is 5.24. The van der Waals surface area contributed by atoms with Crippen molar-refractivity contribution < 1.29 is 4.42 Å². The van der Waals surface area contributed by atoms with Crippen LogP contribution in [0.2, 0.25) is 0 Å². The van der Waals surface area contributed by atoms with E-state index in [1.807, 2.05) is 6.92 Å². The molecule has 0 bridgehead atoms. The number of hydrogen-bond acceptors (Lipinski definition) is 3. The van der Waals surface area contributed by atoms with Crippen LogP contribution in [0.15, 0.2) is 10.5 Å². The van der Waals surface area contributed by atoms with Gasteiger partial charge in [-0.3, -0.25) is 4.90 Å². The summed E-state index contributed by atoms with van der Waals surface area (Å²) in [7, 11) is 0. The third-order valence-electron chi connectivity index (χ3n) is 4.74. The highest BCUT2D eigenvalue weighted by Gasteiger charge is 2.33. The number of rotatable bonds is 5. The van der Waals surface area contributed by atoms with Gasteiger partial charge in [0.2, 0.25) is 0 Å². The Morgan fingerprint density at radius 3 is 2.68 bits per heavy atom. The fraction of sp³-hybridized carbons (Fsp3) is 0.750. The Balaban J connectivity index is 2.19. The van der Waals surface area contributed by atoms with E-state index < -0.39 is 0 Å². The molecule has 1 aromatic heterocycles. The van der Waals surface area contributed by atoms with Crippen molar-refractivity contribution in [2.24, 2.45) is 11.7 Å². The average Bonchev–Trinajstić information content (AvgIpc) is 2.96. The van der Waals surface area contributed by atoms with E-state index in [2.05, 4.69) is 31.7 Å². The molecule has 0 saturated heterocycles. The summed E-state index contributed by atoms with van der Waals surface area (Å²) in [5, 5.41) is 0. The monoisotopic (exact) mass is 264 g/mol. The molecule has 0 radical (unpaired) electrons. The van der Waals surface area contributed by atoms with Crippen molar-refractivity contribution in [3.63, 3.8) is 0 Å². The molecule has 0 aliphatic heterocycles. The van der Waals surface area contributed by atoms with Crippen LogP contribution < -0.4 is 5.73 Å². The molecule has 2 N–H and O–H groups in total. The first-order valence-electron chi connectivity index (χ1n) is 7.61. The SMILES string of the molecule is CCN(C(C)c1cc(C)oc1C)C1CCCC1CN. The predicted molar refractivity (Wildman–Crippen MR) is 79.2 cm³/mol. The minimum Gasteiger partial charge on any atom is -0.466 e. The molecule has 19 heavy (non-hydrogen) atoms. The molecule has 3 nitrogen and oxygen atoms in total. The minimum absolute atomic E-state index is 0.416. The summed E-state index contributed by atoms with van der Waals surface area (Å²) < 4.78 is 5.69. The van der Waals surface area contributed by atoms with Crippen LogP contribution in [0.3, 0.4) is 0 Å². The third kappa shape index (κ3) is 2.87. The Labute approximate surface area is 117 Å². The molecule has 1 saturated carbocycles. The van der Waals surface area contributed by atoms with Gasteiger partial charge >= 0.3 is 0 Å². The lowest BCUT2D eigenvalue weighted by atomic mass is 9.98. The maximum atomic E-state index is 5.94. The van der Waals surface area contributed by atoms with Crippen LogP contribution in [-0.2, 0) is 0 Å². The van der Waals surface area contributed by atoms with E-state index in [9.17, 15) is 0 Å². The van der Waals surface area contributed by atoms with E-state index >= 15 is 0 Å². The molecule has 3 unspecified atom stereocenters. The Hall–Kier alpha value is -0.800. The van der Waals surface area contributed by atoms with Crippen LogP contribution in [0.25, 0.3) is 0 Å². The molecule has 3 atom stereocenters. The number of aryl methyl sites for hydroxylation is 2. The molecule has 1 fully saturated rings. The standard InChI is InChI=1S/C16H28N2O/c1-5-18(16-8-6-7-14(16)10-17)12(3)15-9-11(2)19-13(15)4/h9,12,14,16H,5-8,10,17H2,1-4H3. The van der Waals surface area contributed by atoms with Crippen LogP contribution in [0.5, 0.6) is 0 Å². The zero-order valence-corrected chi connectivity index (χ0v) is 12.8. The van der Waals surface area contributed by atoms with Gasteiger partial charge in [0.15, 0.2) is 0 Å². The van der Waals surface area contributed by atoms with Crippen LogP contribution in [-0.4, -0.2) is 24.0 Å². The zero-order valence-electron chi connectivity index (χ0n) is 12.8. The Kier molecular flexibility index (Phi) is 4.69. The Bertz CT molecular complexity index is 413. The lowest BCUT2D eigenvalue weighted by molar-refractivity contribution is 0.122. The molecular formula is C16H28N2O. The summed E-state index contributed by atoms with van der Waals surface area (Å²) in [4.78, 5) is 2.61. The third-order valence-corrected chi connectivity index (χ3v) is 4.74. The minimum atomic E-state index is 0.416. The van der Waals surface area contributed by atoms with E-state index in [1.165, 1.54) is 24.8 Å². The van der Waals surface area contributed by atoms with Gasteiger partial charge in [-0.05, 0) is 58.7 Å². The lowest BCUT2D eigenvalue weighted by Gasteiger charge is -2.36. The highest BCUT2D eigenvalue weighted by Crippen LogP contribution is 2.35. The molecule has 1 heterocycles. The normalized spacial score (nSPS) is 25.2. The smallest absolute Gasteiger partial charge is 0.105 e. The Morgan fingerprint density at radius 2 is 2.16 bits per heavy atom. The van der Waals surface area contributed by atoms with Crippen LogP contribution in [0.4, 0.5) is 0 Å². The Morgan fingerprint density at radius 1 is 1.42 bits per heavy atom. The summed E-state index contributed by atoms with van der Waals surface area (Å²) in [6.07, 6.45) is 3.89. The quantitative estimate of drug-likeness (QED) is 0.886. The van der Waals surface area contributed by atoms with Gasteiger partial charge in [-0.25, -0.2) is 0 Å². The van der Waals surface area contributed by atoms with E-state index in [1.54, 1.807) is 0 Å². The van der Waals surface area contributed by atoms with Gasteiger partial charge in [-0.1, -0.05) is 13.3 Å². The maximum absolute atomic E-state index is 5.94. The second-order valence-electron chi connectivity index (χ2n) is 5.87. The summed E-state index contributed by atoms with van der Waals surface area (Å²) in [5.74, 6) is 2.73. The molecule has 0 aromatic carbocycles. The number of furan rings is 1. The fourth-order valence-electron chi connectivity index (χ4n) is 3.77. The highest BCUT2D eigenvalue weighted by atomic mass is 16.3. The lowest BCUT2D eigenvalue weighted by Crippen LogP contribution is -2.41. The van der Waals surface area contributed by atoms with Gasteiger partial charge in [0.25, 0.3) is 0 Å². The number of hydrogen-bond donors (Lipinski definition) is 1. The molecule has 0 spiro atoms. The summed E-state index contributed by atoms with van der Waals surface area (Å²) >= 11 is 0. The van der Waals surface area contributed by atoms with Crippen molar-refractivity contribution in [1.82, 2.24) is 4.90 Å². The second kappa shape index (κ2) is 6.10. The fourth-order valence-corrected chi connectivity index (χ4v) is 3.77. The second-order valence-corrected chi connectivity index (χ2v) is 5.87. The van der Waals surface area contributed by atoms with Crippen molar-refractivity contribution >= 4 is 0 Å². The first-order valence-corrected chi connectivity index (χ1v) is 7.61. The van der Waals surface area contributed by atoms with E-state index in [0.717, 1.165) is 24.6 Å². The zero-order chi connectivity index (χ0) is 14.0. The van der Waals surface area contributed by atoms with Gasteiger partial charge in [0, 0.05) is 17.6 Å². The molecule has 3 heteroatoms. The van der Waals surface area contributed by atoms with Crippen LogP contribution in [0, 0.1) is 19.8 Å². The maximum Gasteiger partial charge on any atom is 0.105 e. The molecular weight excluding hydrogens is 236 g/mol. The topological polar surface area (TPSA) is 42.4 Å². The van der Waals surface area contributed by atoms with Crippen LogP contribution in [0.1, 0.15) is 56.2 Å². The van der Waals surface area contributed by atoms with Gasteiger partial charge in [0.1, 0.15) is 11.5 Å².